The Labute approximate surface area is 139 Å². The summed E-state index contributed by atoms with van der Waals surface area (Å²) in [6.45, 7) is 2.15. The van der Waals surface area contributed by atoms with Crippen molar-refractivity contribution < 1.29 is 14.6 Å². The molecule has 4 nitrogen and oxygen atoms in total. The summed E-state index contributed by atoms with van der Waals surface area (Å²) in [6.07, 6.45) is 3.30. The van der Waals surface area contributed by atoms with Crippen molar-refractivity contribution in [3.63, 3.8) is 0 Å². The number of hydrogen-bond acceptors (Lipinski definition) is 3. The molecule has 0 saturated carbocycles. The number of benzene rings is 1. The van der Waals surface area contributed by atoms with Gasteiger partial charge in [0.1, 0.15) is 20.5 Å². The van der Waals surface area contributed by atoms with Crippen molar-refractivity contribution in [2.45, 2.75) is 19.8 Å². The Morgan fingerprint density at radius 2 is 2.04 bits per heavy atom. The van der Waals surface area contributed by atoms with Crippen LogP contribution in [-0.4, -0.2) is 34.3 Å². The van der Waals surface area contributed by atoms with E-state index in [1.807, 2.05) is 9.78 Å². The lowest BCUT2D eigenvalue weighted by Crippen LogP contribution is -2.43. The fourth-order valence-corrected chi connectivity index (χ4v) is 3.48. The summed E-state index contributed by atoms with van der Waals surface area (Å²) < 4.78 is 1.40. The molecule has 2 aromatic heterocycles. The minimum atomic E-state index is -0.649. The first kappa shape index (κ1) is 15.9. The SMILES string of the molecule is CCc1cccc(-c2cc3scc(CC(=O)[N+](C)(C)O)n3c2)c1. The van der Waals surface area contributed by atoms with E-state index in [4.69, 9.17) is 0 Å². The van der Waals surface area contributed by atoms with E-state index in [0.29, 0.717) is 0 Å². The van der Waals surface area contributed by atoms with Gasteiger partial charge in [-0.25, -0.2) is 10.0 Å². The molecule has 0 aliphatic heterocycles. The van der Waals surface area contributed by atoms with Gasteiger partial charge in [0.15, 0.2) is 0 Å². The van der Waals surface area contributed by atoms with E-state index in [1.165, 1.54) is 25.2 Å². The van der Waals surface area contributed by atoms with Crippen molar-refractivity contribution in [1.29, 1.82) is 0 Å². The fraction of sp³-hybridized carbons (Fsp3) is 0.278. The number of aryl methyl sites for hydroxylation is 1. The number of hydrogen-bond donors (Lipinski definition) is 1. The van der Waals surface area contributed by atoms with Crippen LogP contribution < -0.4 is 0 Å². The quantitative estimate of drug-likeness (QED) is 0.450. The van der Waals surface area contributed by atoms with Crippen LogP contribution >= 0.6 is 11.3 Å². The van der Waals surface area contributed by atoms with Crippen LogP contribution in [0.25, 0.3) is 16.0 Å². The van der Waals surface area contributed by atoms with Gasteiger partial charge in [-0.1, -0.05) is 31.2 Å². The molecule has 0 bridgehead atoms. The van der Waals surface area contributed by atoms with Crippen LogP contribution in [0, 0.1) is 0 Å². The minimum Gasteiger partial charge on any atom is -0.310 e. The average molecular weight is 329 g/mol. The van der Waals surface area contributed by atoms with Crippen LogP contribution in [0.15, 0.2) is 41.9 Å². The third-order valence-corrected chi connectivity index (χ3v) is 4.97. The molecule has 0 aliphatic carbocycles. The molecule has 0 unspecified atom stereocenters. The van der Waals surface area contributed by atoms with Crippen molar-refractivity contribution in [2.75, 3.05) is 14.1 Å². The molecule has 1 aromatic carbocycles. The largest absolute Gasteiger partial charge is 0.351 e. The van der Waals surface area contributed by atoms with Crippen LogP contribution in [0.2, 0.25) is 0 Å². The van der Waals surface area contributed by atoms with Gasteiger partial charge >= 0.3 is 5.91 Å². The number of amides is 1. The van der Waals surface area contributed by atoms with Crippen LogP contribution in [-0.2, 0) is 17.6 Å². The lowest BCUT2D eigenvalue weighted by Gasteiger charge is -2.15. The number of hydroxylamine groups is 3. The van der Waals surface area contributed by atoms with Crippen LogP contribution in [0.5, 0.6) is 0 Å². The Bertz CT molecular complexity index is 855. The maximum atomic E-state index is 12.0. The number of rotatable bonds is 4. The molecule has 5 heteroatoms. The number of nitrogens with zero attached hydrogens (tertiary/aromatic N) is 2. The van der Waals surface area contributed by atoms with Crippen LogP contribution in [0.3, 0.4) is 0 Å². The zero-order valence-corrected chi connectivity index (χ0v) is 14.4. The molecule has 0 radical (unpaired) electrons. The second kappa shape index (κ2) is 5.92. The zero-order valence-electron chi connectivity index (χ0n) is 13.6. The van der Waals surface area contributed by atoms with Crippen molar-refractivity contribution in [1.82, 2.24) is 4.40 Å². The molecule has 0 spiro atoms. The van der Waals surface area contributed by atoms with Crippen molar-refractivity contribution in [3.05, 3.63) is 53.2 Å². The average Bonchev–Trinajstić information content (AvgIpc) is 3.08. The summed E-state index contributed by atoms with van der Waals surface area (Å²) in [5.74, 6) is -0.229. The highest BCUT2D eigenvalue weighted by Crippen LogP contribution is 2.28. The molecule has 3 rings (SSSR count). The van der Waals surface area contributed by atoms with E-state index in [2.05, 4.69) is 43.5 Å². The maximum Gasteiger partial charge on any atom is 0.351 e. The van der Waals surface area contributed by atoms with E-state index < -0.39 is 4.65 Å². The Balaban J connectivity index is 1.95. The highest BCUT2D eigenvalue weighted by Gasteiger charge is 2.25. The summed E-state index contributed by atoms with van der Waals surface area (Å²) >= 11 is 1.61. The smallest absolute Gasteiger partial charge is 0.310 e. The Kier molecular flexibility index (Phi) is 4.10. The molecule has 0 saturated heterocycles. The monoisotopic (exact) mass is 329 g/mol. The highest BCUT2D eigenvalue weighted by atomic mass is 32.1. The molecule has 23 heavy (non-hydrogen) atoms. The van der Waals surface area contributed by atoms with Gasteiger partial charge in [-0.2, -0.15) is 0 Å². The first-order chi connectivity index (χ1) is 10.9. The van der Waals surface area contributed by atoms with E-state index >= 15 is 0 Å². The van der Waals surface area contributed by atoms with Gasteiger partial charge in [-0.15, -0.1) is 16.0 Å². The Morgan fingerprint density at radius 1 is 1.26 bits per heavy atom. The molecule has 0 fully saturated rings. The van der Waals surface area contributed by atoms with E-state index in [9.17, 15) is 10.0 Å². The lowest BCUT2D eigenvalue weighted by molar-refractivity contribution is -1.01. The van der Waals surface area contributed by atoms with Gasteiger partial charge in [0.25, 0.3) is 0 Å². The number of carbonyl (C=O) groups is 1. The second-order valence-corrected chi connectivity index (χ2v) is 7.07. The van der Waals surface area contributed by atoms with E-state index in [-0.39, 0.29) is 12.3 Å². The molecule has 120 valence electrons. The number of carbonyl (C=O) groups excluding carboxylic acids is 1. The first-order valence-electron chi connectivity index (χ1n) is 7.66. The molecule has 1 amide bonds. The first-order valence-corrected chi connectivity index (χ1v) is 8.54. The van der Waals surface area contributed by atoms with Gasteiger partial charge in [-0.3, -0.25) is 0 Å². The molecule has 2 heterocycles. The van der Waals surface area contributed by atoms with Gasteiger partial charge in [0.05, 0.1) is 4.83 Å². The molecule has 1 N–H and O–H groups in total. The highest BCUT2D eigenvalue weighted by molar-refractivity contribution is 7.15. The number of quaternary nitrogens is 1. The lowest BCUT2D eigenvalue weighted by atomic mass is 10.0. The molecule has 0 aliphatic rings. The summed E-state index contributed by atoms with van der Waals surface area (Å²) in [4.78, 5) is 13.2. The molecular weight excluding hydrogens is 308 g/mol. The number of thiazole rings is 1. The van der Waals surface area contributed by atoms with Crippen LogP contribution in [0.1, 0.15) is 18.2 Å². The van der Waals surface area contributed by atoms with Crippen molar-refractivity contribution in [2.24, 2.45) is 0 Å². The van der Waals surface area contributed by atoms with Crippen LogP contribution in [0.4, 0.5) is 0 Å². The normalized spacial score (nSPS) is 12.0. The zero-order chi connectivity index (χ0) is 16.6. The predicted octanol–water partition coefficient (Wildman–Crippen LogP) is 3.76. The third-order valence-electron chi connectivity index (χ3n) is 4.02. The molecule has 3 aromatic rings. The van der Waals surface area contributed by atoms with Gasteiger partial charge < -0.3 is 4.40 Å². The summed E-state index contributed by atoms with van der Waals surface area (Å²) in [6, 6.07) is 10.7. The third kappa shape index (κ3) is 3.22. The van der Waals surface area contributed by atoms with Crippen molar-refractivity contribution >= 4 is 22.1 Å². The minimum absolute atomic E-state index is 0.215. The Hall–Kier alpha value is -1.95. The summed E-state index contributed by atoms with van der Waals surface area (Å²) in [5.41, 5.74) is 4.56. The summed E-state index contributed by atoms with van der Waals surface area (Å²) in [5, 5.41) is 11.8. The predicted molar refractivity (Wildman–Crippen MR) is 92.7 cm³/mol. The molecule has 0 atom stereocenters. The fourth-order valence-electron chi connectivity index (χ4n) is 2.55. The summed E-state index contributed by atoms with van der Waals surface area (Å²) in [7, 11) is 2.95. The number of fused-ring (bicyclic) bond motifs is 1. The standard InChI is InChI=1S/C18H21N2O2S/c1-4-13-6-5-7-14(8-13)15-9-17-19(11-15)16(12-23-17)10-18(21)20(2,3)22/h5-9,11-12,22H,4,10H2,1-3H3/q+1. The van der Waals surface area contributed by atoms with E-state index in [0.717, 1.165) is 22.5 Å². The van der Waals surface area contributed by atoms with Gasteiger partial charge in [-0.05, 0) is 23.6 Å². The number of aromatic nitrogens is 1. The second-order valence-electron chi connectivity index (χ2n) is 6.18. The van der Waals surface area contributed by atoms with Gasteiger partial charge in [0.2, 0.25) is 0 Å². The van der Waals surface area contributed by atoms with Crippen molar-refractivity contribution in [3.8, 4) is 11.1 Å². The van der Waals surface area contributed by atoms with E-state index in [1.54, 1.807) is 11.3 Å². The van der Waals surface area contributed by atoms with Gasteiger partial charge in [0, 0.05) is 22.8 Å². The number of likely N-dealkylation sites (N-methyl/N-ethyl adjacent to an activating group) is 1. The Morgan fingerprint density at radius 3 is 2.74 bits per heavy atom. The topological polar surface area (TPSA) is 41.7 Å². The molecular formula is C18H21N2O2S+. The maximum absolute atomic E-state index is 12.0.